The molecule has 1 heterocycles. The van der Waals surface area contributed by atoms with Gasteiger partial charge in [-0.15, -0.1) is 5.48 Å². The second-order valence-corrected chi connectivity index (χ2v) is 5.18. The minimum atomic E-state index is -4.99. The zero-order valence-corrected chi connectivity index (χ0v) is 11.7. The van der Waals surface area contributed by atoms with E-state index < -0.39 is 12.1 Å². The smallest absolute Gasteiger partial charge is 0.363 e. The first-order chi connectivity index (χ1) is 10.3. The van der Waals surface area contributed by atoms with E-state index in [0.717, 1.165) is 5.56 Å². The molecule has 2 rings (SSSR count). The zero-order valence-electron chi connectivity index (χ0n) is 11.7. The van der Waals surface area contributed by atoms with E-state index in [1.165, 1.54) is 12.1 Å². The average Bonchev–Trinajstić information content (AvgIpc) is 2.47. The molecule has 0 radical (unpaired) electrons. The molecule has 22 heavy (non-hydrogen) atoms. The highest BCUT2D eigenvalue weighted by atomic mass is 19.4. The number of nitrogens with zero attached hydrogens (tertiary/aromatic N) is 1. The maximum Gasteiger partial charge on any atom is 0.492 e. The van der Waals surface area contributed by atoms with Gasteiger partial charge in [-0.25, -0.2) is 9.18 Å². The number of benzene rings is 1. The monoisotopic (exact) mass is 320 g/mol. The molecule has 8 heteroatoms. The van der Waals surface area contributed by atoms with Crippen molar-refractivity contribution in [2.75, 3.05) is 13.1 Å². The van der Waals surface area contributed by atoms with Gasteiger partial charge in [-0.1, -0.05) is 12.1 Å². The van der Waals surface area contributed by atoms with Crippen molar-refractivity contribution < 1.29 is 27.2 Å². The van der Waals surface area contributed by atoms with Crippen molar-refractivity contribution in [2.45, 2.75) is 31.6 Å². The molecule has 1 saturated heterocycles. The molecule has 1 N–H and O–H groups in total. The number of alkyl halides is 3. The van der Waals surface area contributed by atoms with Gasteiger partial charge in [-0.2, -0.15) is 13.2 Å². The Hall–Kier alpha value is -1.67. The summed E-state index contributed by atoms with van der Waals surface area (Å²) in [5.41, 5.74) is 3.14. The molecular formula is C14H16F4N2O2. The number of likely N-dealkylation sites (tertiary alicyclic amines) is 1. The van der Waals surface area contributed by atoms with Gasteiger partial charge in [-0.3, -0.25) is 4.90 Å². The molecule has 0 unspecified atom stereocenters. The molecule has 1 aromatic carbocycles. The van der Waals surface area contributed by atoms with Crippen LogP contribution in [0.1, 0.15) is 18.4 Å². The predicted octanol–water partition coefficient (Wildman–Crippen LogP) is 2.40. The van der Waals surface area contributed by atoms with Gasteiger partial charge in [0.1, 0.15) is 5.82 Å². The third-order valence-electron chi connectivity index (χ3n) is 3.46. The molecular weight excluding hydrogens is 304 g/mol. The first-order valence-corrected chi connectivity index (χ1v) is 6.85. The van der Waals surface area contributed by atoms with Gasteiger partial charge < -0.3 is 4.84 Å². The quantitative estimate of drug-likeness (QED) is 0.683. The van der Waals surface area contributed by atoms with Crippen LogP contribution < -0.4 is 5.48 Å². The van der Waals surface area contributed by atoms with Crippen LogP contribution in [0.25, 0.3) is 0 Å². The Morgan fingerprint density at radius 2 is 1.82 bits per heavy atom. The largest absolute Gasteiger partial charge is 0.492 e. The predicted molar refractivity (Wildman–Crippen MR) is 70.0 cm³/mol. The normalized spacial score (nSPS) is 17.5. The molecule has 0 aromatic heterocycles. The summed E-state index contributed by atoms with van der Waals surface area (Å²) in [6.45, 7) is 1.95. The van der Waals surface area contributed by atoms with E-state index in [4.69, 9.17) is 0 Å². The molecule has 1 aliphatic rings. The van der Waals surface area contributed by atoms with Gasteiger partial charge in [0.15, 0.2) is 0 Å². The summed E-state index contributed by atoms with van der Waals surface area (Å²) in [6.07, 6.45) is -3.87. The summed E-state index contributed by atoms with van der Waals surface area (Å²) >= 11 is 0. The van der Waals surface area contributed by atoms with E-state index in [-0.39, 0.29) is 11.9 Å². The lowest BCUT2D eigenvalue weighted by molar-refractivity contribution is -0.209. The highest BCUT2D eigenvalue weighted by Gasteiger charge is 2.41. The molecule has 0 bridgehead atoms. The summed E-state index contributed by atoms with van der Waals surface area (Å²) in [4.78, 5) is 16.7. The van der Waals surface area contributed by atoms with Crippen molar-refractivity contribution in [3.8, 4) is 0 Å². The Morgan fingerprint density at radius 1 is 1.23 bits per heavy atom. The number of halogens is 4. The maximum absolute atomic E-state index is 12.8. The van der Waals surface area contributed by atoms with E-state index in [9.17, 15) is 22.4 Å². The lowest BCUT2D eigenvalue weighted by atomic mass is 10.1. The van der Waals surface area contributed by atoms with Crippen LogP contribution in [-0.4, -0.2) is 36.2 Å². The Morgan fingerprint density at radius 3 is 2.36 bits per heavy atom. The molecule has 0 aliphatic carbocycles. The zero-order chi connectivity index (χ0) is 16.2. The Bertz CT molecular complexity index is 497. The molecule has 0 atom stereocenters. The molecule has 1 fully saturated rings. The number of rotatable bonds is 4. The van der Waals surface area contributed by atoms with Crippen LogP contribution in [0.15, 0.2) is 24.3 Å². The van der Waals surface area contributed by atoms with E-state index in [0.29, 0.717) is 32.5 Å². The van der Waals surface area contributed by atoms with Crippen molar-refractivity contribution in [3.63, 3.8) is 0 Å². The number of carbonyl (C=O) groups excluding carboxylic acids is 1. The molecule has 0 amide bonds. The number of hydrogen-bond donors (Lipinski definition) is 1. The number of carbonyl (C=O) groups is 1. The first kappa shape index (κ1) is 16.7. The molecule has 0 spiro atoms. The molecule has 1 aliphatic heterocycles. The second kappa shape index (κ2) is 7.06. The maximum atomic E-state index is 12.8. The Kier molecular flexibility index (Phi) is 5.36. The SMILES string of the molecule is O=C(ONC1CCN(Cc2ccc(F)cc2)CC1)C(F)(F)F. The first-order valence-electron chi connectivity index (χ1n) is 6.85. The fraction of sp³-hybridized carbons (Fsp3) is 0.500. The van der Waals surface area contributed by atoms with Crippen LogP contribution >= 0.6 is 0 Å². The topological polar surface area (TPSA) is 41.6 Å². The van der Waals surface area contributed by atoms with Gasteiger partial charge >= 0.3 is 12.1 Å². The summed E-state index contributed by atoms with van der Waals surface area (Å²) in [7, 11) is 0. The fourth-order valence-electron chi connectivity index (χ4n) is 2.25. The van der Waals surface area contributed by atoms with Crippen molar-refractivity contribution >= 4 is 5.97 Å². The lowest BCUT2D eigenvalue weighted by Gasteiger charge is -2.31. The highest BCUT2D eigenvalue weighted by molar-refractivity contribution is 5.75. The molecule has 122 valence electrons. The third-order valence-corrected chi connectivity index (χ3v) is 3.46. The summed E-state index contributed by atoms with van der Waals surface area (Å²) in [5.74, 6) is -2.53. The molecule has 0 saturated carbocycles. The average molecular weight is 320 g/mol. The van der Waals surface area contributed by atoms with Crippen LogP contribution in [0, 0.1) is 5.82 Å². The van der Waals surface area contributed by atoms with Gasteiger partial charge in [0.05, 0.1) is 0 Å². The summed E-state index contributed by atoms with van der Waals surface area (Å²) < 4.78 is 48.8. The number of hydroxylamine groups is 1. The van der Waals surface area contributed by atoms with Gasteiger partial charge in [0.2, 0.25) is 0 Å². The van der Waals surface area contributed by atoms with E-state index in [2.05, 4.69) is 15.2 Å². The van der Waals surface area contributed by atoms with E-state index in [1.54, 1.807) is 12.1 Å². The fourth-order valence-corrected chi connectivity index (χ4v) is 2.25. The molecule has 1 aromatic rings. The minimum absolute atomic E-state index is 0.293. The van der Waals surface area contributed by atoms with Crippen LogP contribution in [0.4, 0.5) is 17.6 Å². The Balaban J connectivity index is 1.71. The van der Waals surface area contributed by atoms with Crippen LogP contribution in [-0.2, 0) is 16.2 Å². The van der Waals surface area contributed by atoms with Crippen LogP contribution in [0.3, 0.4) is 0 Å². The summed E-state index contributed by atoms with van der Waals surface area (Å²) in [6, 6.07) is 5.88. The van der Waals surface area contributed by atoms with E-state index in [1.807, 2.05) is 0 Å². The van der Waals surface area contributed by atoms with Gasteiger partial charge in [0.25, 0.3) is 0 Å². The van der Waals surface area contributed by atoms with Crippen LogP contribution in [0.5, 0.6) is 0 Å². The van der Waals surface area contributed by atoms with Crippen LogP contribution in [0.2, 0.25) is 0 Å². The van der Waals surface area contributed by atoms with Crippen molar-refractivity contribution in [2.24, 2.45) is 0 Å². The number of nitrogens with one attached hydrogen (secondary N) is 1. The van der Waals surface area contributed by atoms with E-state index >= 15 is 0 Å². The summed E-state index contributed by atoms with van der Waals surface area (Å²) in [5, 5.41) is 0. The highest BCUT2D eigenvalue weighted by Crippen LogP contribution is 2.17. The molecule has 4 nitrogen and oxygen atoms in total. The lowest BCUT2D eigenvalue weighted by Crippen LogP contribution is -2.44. The van der Waals surface area contributed by atoms with Crippen molar-refractivity contribution in [1.29, 1.82) is 0 Å². The van der Waals surface area contributed by atoms with Gasteiger partial charge in [0, 0.05) is 25.7 Å². The third kappa shape index (κ3) is 4.96. The number of piperidine rings is 1. The second-order valence-electron chi connectivity index (χ2n) is 5.18. The minimum Gasteiger partial charge on any atom is -0.363 e. The Labute approximate surface area is 125 Å². The van der Waals surface area contributed by atoms with Crippen molar-refractivity contribution in [1.82, 2.24) is 10.4 Å². The van der Waals surface area contributed by atoms with Gasteiger partial charge in [-0.05, 0) is 30.5 Å². The van der Waals surface area contributed by atoms with Crippen molar-refractivity contribution in [3.05, 3.63) is 35.6 Å². The number of hydrogen-bond acceptors (Lipinski definition) is 4. The standard InChI is InChI=1S/C14H16F4N2O2/c15-11-3-1-10(2-4-11)9-20-7-5-12(6-8-20)19-22-13(21)14(16,17)18/h1-4,12,19H,5-9H2.